The predicted molar refractivity (Wildman–Crippen MR) is 87.8 cm³/mol. The molecule has 0 saturated heterocycles. The van der Waals surface area contributed by atoms with Crippen LogP contribution in [0.3, 0.4) is 0 Å². The second-order valence-corrected chi connectivity index (χ2v) is 6.08. The van der Waals surface area contributed by atoms with Gasteiger partial charge in [-0.1, -0.05) is 53.0 Å². The summed E-state index contributed by atoms with van der Waals surface area (Å²) in [5.41, 5.74) is 1.52. The molecule has 0 radical (unpaired) electrons. The van der Waals surface area contributed by atoms with Gasteiger partial charge in [0.15, 0.2) is 0 Å². The molecule has 0 fully saturated rings. The molecule has 1 N–H and O–H groups in total. The van der Waals surface area contributed by atoms with Crippen molar-refractivity contribution >= 4 is 34.8 Å². The number of hydrogen-bond acceptors (Lipinski definition) is 1. The van der Waals surface area contributed by atoms with Crippen LogP contribution >= 0.6 is 34.8 Å². The van der Waals surface area contributed by atoms with E-state index in [4.69, 9.17) is 34.8 Å². The van der Waals surface area contributed by atoms with E-state index < -0.39 is 5.82 Å². The van der Waals surface area contributed by atoms with Crippen molar-refractivity contribution in [2.75, 3.05) is 0 Å². The van der Waals surface area contributed by atoms with Crippen molar-refractivity contribution in [2.24, 2.45) is 0 Å². The fourth-order valence-electron chi connectivity index (χ4n) is 2.31. The van der Waals surface area contributed by atoms with Crippen LogP contribution < -0.4 is 5.32 Å². The molecule has 5 heteroatoms. The third-order valence-electron chi connectivity index (χ3n) is 3.38. The average molecular weight is 347 g/mol. The lowest BCUT2D eigenvalue weighted by Crippen LogP contribution is -2.23. The van der Waals surface area contributed by atoms with Crippen molar-refractivity contribution in [3.63, 3.8) is 0 Å². The molecule has 112 valence electrons. The molecule has 0 aliphatic rings. The lowest BCUT2D eigenvalue weighted by atomic mass is 10.0. The summed E-state index contributed by atoms with van der Waals surface area (Å²) < 4.78 is 13.6. The maximum atomic E-state index is 13.6. The van der Waals surface area contributed by atoms with Gasteiger partial charge < -0.3 is 5.32 Å². The summed E-state index contributed by atoms with van der Waals surface area (Å²) in [4.78, 5) is 0. The van der Waals surface area contributed by atoms with Crippen LogP contribution in [0.1, 0.15) is 37.1 Å². The van der Waals surface area contributed by atoms with Gasteiger partial charge in [-0.3, -0.25) is 0 Å². The van der Waals surface area contributed by atoms with Gasteiger partial charge in [-0.2, -0.15) is 0 Å². The second-order valence-electron chi connectivity index (χ2n) is 4.89. The summed E-state index contributed by atoms with van der Waals surface area (Å²) in [6.45, 7) is 3.87. The number of halogens is 4. The van der Waals surface area contributed by atoms with Gasteiger partial charge in [0.2, 0.25) is 0 Å². The first-order valence-electron chi connectivity index (χ1n) is 6.55. The smallest absolute Gasteiger partial charge is 0.142 e. The zero-order valence-electron chi connectivity index (χ0n) is 11.6. The van der Waals surface area contributed by atoms with Gasteiger partial charge in [0.25, 0.3) is 0 Å². The molecule has 0 amide bonds. The van der Waals surface area contributed by atoms with Crippen molar-refractivity contribution in [1.82, 2.24) is 5.32 Å². The van der Waals surface area contributed by atoms with Crippen LogP contribution in [0, 0.1) is 5.82 Å². The minimum atomic E-state index is -0.477. The Morgan fingerprint density at radius 3 is 2.24 bits per heavy atom. The molecule has 1 unspecified atom stereocenters. The lowest BCUT2D eigenvalue weighted by Gasteiger charge is -2.23. The van der Waals surface area contributed by atoms with Gasteiger partial charge in [-0.15, -0.1) is 0 Å². The molecule has 0 heterocycles. The van der Waals surface area contributed by atoms with Gasteiger partial charge in [0.05, 0.1) is 5.02 Å². The summed E-state index contributed by atoms with van der Waals surface area (Å²) in [6, 6.07) is 10.1. The Balaban J connectivity index is 2.25. The van der Waals surface area contributed by atoms with Crippen LogP contribution in [0.15, 0.2) is 36.4 Å². The van der Waals surface area contributed by atoms with Gasteiger partial charge in [-0.05, 0) is 37.6 Å². The van der Waals surface area contributed by atoms with Crippen LogP contribution in [-0.4, -0.2) is 0 Å². The standard InChI is InChI=1S/C16H15Cl3FN/c1-9(11-5-3-4-6-12(11)17)21-10(2)15-13(18)7-8-14(20)16(15)19/h3-10,21H,1-2H3/t9-,10?/m1/s1. The fourth-order valence-corrected chi connectivity index (χ4v) is 3.31. The predicted octanol–water partition coefficient (Wildman–Crippen LogP) is 6.20. The quantitative estimate of drug-likeness (QED) is 0.650. The lowest BCUT2D eigenvalue weighted by molar-refractivity contribution is 0.492. The third-order valence-corrected chi connectivity index (χ3v) is 4.44. The molecule has 0 bridgehead atoms. The van der Waals surface area contributed by atoms with Crippen molar-refractivity contribution in [2.45, 2.75) is 25.9 Å². The van der Waals surface area contributed by atoms with E-state index in [1.807, 2.05) is 38.1 Å². The highest BCUT2D eigenvalue weighted by atomic mass is 35.5. The Morgan fingerprint density at radius 1 is 0.905 bits per heavy atom. The molecule has 2 atom stereocenters. The Bertz CT molecular complexity index is 645. The molecule has 0 aliphatic carbocycles. The Kier molecular flexibility index (Phi) is 5.50. The molecule has 2 rings (SSSR count). The highest BCUT2D eigenvalue weighted by molar-refractivity contribution is 6.36. The highest BCUT2D eigenvalue weighted by Crippen LogP contribution is 2.34. The molecule has 0 aliphatic heterocycles. The summed E-state index contributed by atoms with van der Waals surface area (Å²) in [5.74, 6) is -0.477. The molecular formula is C16H15Cl3FN. The van der Waals surface area contributed by atoms with E-state index in [1.54, 1.807) is 0 Å². The van der Waals surface area contributed by atoms with Crippen molar-refractivity contribution in [3.05, 3.63) is 68.4 Å². The van der Waals surface area contributed by atoms with E-state index in [-0.39, 0.29) is 17.1 Å². The largest absolute Gasteiger partial charge is 0.303 e. The minimum absolute atomic E-state index is 0.0240. The van der Waals surface area contributed by atoms with Crippen molar-refractivity contribution in [3.8, 4) is 0 Å². The van der Waals surface area contributed by atoms with Crippen molar-refractivity contribution in [1.29, 1.82) is 0 Å². The maximum absolute atomic E-state index is 13.6. The molecule has 0 saturated carbocycles. The first-order valence-corrected chi connectivity index (χ1v) is 7.69. The molecule has 0 aromatic heterocycles. The molecule has 2 aromatic carbocycles. The van der Waals surface area contributed by atoms with E-state index in [9.17, 15) is 4.39 Å². The van der Waals surface area contributed by atoms with Crippen LogP contribution in [0.5, 0.6) is 0 Å². The first kappa shape index (κ1) is 16.6. The van der Waals surface area contributed by atoms with Gasteiger partial charge in [0.1, 0.15) is 5.82 Å². The molecular weight excluding hydrogens is 332 g/mol. The van der Waals surface area contributed by atoms with Crippen molar-refractivity contribution < 1.29 is 4.39 Å². The normalized spacial score (nSPS) is 14.0. The van der Waals surface area contributed by atoms with E-state index in [0.717, 1.165) is 5.56 Å². The van der Waals surface area contributed by atoms with Gasteiger partial charge in [0, 0.05) is 27.7 Å². The van der Waals surface area contributed by atoms with Crippen LogP contribution in [0.25, 0.3) is 0 Å². The Hall–Kier alpha value is -0.800. The SMILES string of the molecule is CC(N[C@H](C)c1ccccc1Cl)c1c(Cl)ccc(F)c1Cl. The third kappa shape index (κ3) is 3.70. The Morgan fingerprint density at radius 2 is 1.57 bits per heavy atom. The van der Waals surface area contributed by atoms with Crippen LogP contribution in [0.2, 0.25) is 15.1 Å². The monoisotopic (exact) mass is 345 g/mol. The summed E-state index contributed by atoms with van der Waals surface area (Å²) >= 11 is 18.4. The van der Waals surface area contributed by atoms with Gasteiger partial charge >= 0.3 is 0 Å². The second kappa shape index (κ2) is 6.97. The van der Waals surface area contributed by atoms with E-state index in [2.05, 4.69) is 5.32 Å². The Labute approximate surface area is 139 Å². The first-order chi connectivity index (χ1) is 9.91. The summed E-state index contributed by atoms with van der Waals surface area (Å²) in [7, 11) is 0. The average Bonchev–Trinajstić information content (AvgIpc) is 2.43. The highest BCUT2D eigenvalue weighted by Gasteiger charge is 2.19. The maximum Gasteiger partial charge on any atom is 0.142 e. The van der Waals surface area contributed by atoms with Gasteiger partial charge in [-0.25, -0.2) is 4.39 Å². The number of hydrogen-bond donors (Lipinski definition) is 1. The summed E-state index contributed by atoms with van der Waals surface area (Å²) in [6.07, 6.45) is 0. The zero-order chi connectivity index (χ0) is 15.6. The molecule has 0 spiro atoms. The minimum Gasteiger partial charge on any atom is -0.303 e. The topological polar surface area (TPSA) is 12.0 Å². The van der Waals surface area contributed by atoms with E-state index in [1.165, 1.54) is 12.1 Å². The van der Waals surface area contributed by atoms with E-state index in [0.29, 0.717) is 15.6 Å². The molecule has 2 aromatic rings. The summed E-state index contributed by atoms with van der Waals surface area (Å²) in [5, 5.41) is 4.51. The molecule has 1 nitrogen and oxygen atoms in total. The number of rotatable bonds is 4. The van der Waals surface area contributed by atoms with Crippen LogP contribution in [0.4, 0.5) is 4.39 Å². The number of nitrogens with one attached hydrogen (secondary N) is 1. The number of benzene rings is 2. The van der Waals surface area contributed by atoms with E-state index >= 15 is 0 Å². The van der Waals surface area contributed by atoms with Crippen LogP contribution in [-0.2, 0) is 0 Å². The molecule has 21 heavy (non-hydrogen) atoms. The zero-order valence-corrected chi connectivity index (χ0v) is 13.9. The fraction of sp³-hybridized carbons (Fsp3) is 0.250.